The fraction of sp³-hybridized carbons (Fsp3) is 0.444. The Labute approximate surface area is 156 Å². The van der Waals surface area contributed by atoms with E-state index in [9.17, 15) is 9.59 Å². The first-order chi connectivity index (χ1) is 12.7. The Bertz CT molecular complexity index is 750. The van der Waals surface area contributed by atoms with Crippen LogP contribution in [0.3, 0.4) is 0 Å². The third-order valence-electron chi connectivity index (χ3n) is 4.23. The highest BCUT2D eigenvalue weighted by Crippen LogP contribution is 2.22. The third-order valence-corrected chi connectivity index (χ3v) is 5.06. The number of benzene rings is 1. The van der Waals surface area contributed by atoms with Gasteiger partial charge in [-0.3, -0.25) is 14.7 Å². The highest BCUT2D eigenvalue weighted by Gasteiger charge is 2.29. The number of esters is 1. The Morgan fingerprint density at radius 1 is 1.35 bits per heavy atom. The topological polar surface area (TPSA) is 88.2 Å². The molecule has 7 nitrogen and oxygen atoms in total. The SMILES string of the molecule is CCOC(=O)[C@@H]1CCCN(C(=O)CSc2n[nH]c(-c3ccccc3)n2)C1. The van der Waals surface area contributed by atoms with Crippen molar-refractivity contribution in [3.8, 4) is 11.4 Å². The summed E-state index contributed by atoms with van der Waals surface area (Å²) in [7, 11) is 0. The molecule has 138 valence electrons. The van der Waals surface area contributed by atoms with Crippen LogP contribution in [0.25, 0.3) is 11.4 Å². The van der Waals surface area contributed by atoms with E-state index >= 15 is 0 Å². The van der Waals surface area contributed by atoms with Crippen LogP contribution >= 0.6 is 11.8 Å². The lowest BCUT2D eigenvalue weighted by molar-refractivity contribution is -0.151. The fourth-order valence-electron chi connectivity index (χ4n) is 2.91. The summed E-state index contributed by atoms with van der Waals surface area (Å²) >= 11 is 1.30. The van der Waals surface area contributed by atoms with E-state index in [1.807, 2.05) is 30.3 Å². The van der Waals surface area contributed by atoms with Crippen LogP contribution in [0.15, 0.2) is 35.5 Å². The monoisotopic (exact) mass is 374 g/mol. The van der Waals surface area contributed by atoms with E-state index in [4.69, 9.17) is 4.74 Å². The second-order valence-electron chi connectivity index (χ2n) is 6.05. The average Bonchev–Trinajstić information content (AvgIpc) is 3.16. The Morgan fingerprint density at radius 3 is 2.92 bits per heavy atom. The molecular weight excluding hydrogens is 352 g/mol. The van der Waals surface area contributed by atoms with Crippen LogP contribution in [0.5, 0.6) is 0 Å². The summed E-state index contributed by atoms with van der Waals surface area (Å²) in [5, 5.41) is 7.59. The Kier molecular flexibility index (Phi) is 6.27. The maximum Gasteiger partial charge on any atom is 0.310 e. The van der Waals surface area contributed by atoms with Gasteiger partial charge in [-0.15, -0.1) is 5.10 Å². The molecule has 1 atom stereocenters. The van der Waals surface area contributed by atoms with E-state index in [1.54, 1.807) is 11.8 Å². The van der Waals surface area contributed by atoms with Gasteiger partial charge in [0, 0.05) is 18.7 Å². The molecule has 0 unspecified atom stereocenters. The van der Waals surface area contributed by atoms with Crippen molar-refractivity contribution in [2.75, 3.05) is 25.4 Å². The number of hydrogen-bond acceptors (Lipinski definition) is 6. The van der Waals surface area contributed by atoms with Crippen LogP contribution < -0.4 is 0 Å². The zero-order valence-corrected chi connectivity index (χ0v) is 15.5. The first kappa shape index (κ1) is 18.4. The first-order valence-corrected chi connectivity index (χ1v) is 9.71. The van der Waals surface area contributed by atoms with E-state index in [1.165, 1.54) is 11.8 Å². The standard InChI is InChI=1S/C18H22N4O3S/c1-2-25-17(24)14-9-6-10-22(11-14)15(23)12-26-18-19-16(20-21-18)13-7-4-3-5-8-13/h3-5,7-8,14H,2,6,9-12H2,1H3,(H,19,20,21)/t14-/m1/s1. The molecule has 0 bridgehead atoms. The molecule has 2 aromatic rings. The molecule has 8 heteroatoms. The van der Waals surface area contributed by atoms with Crippen molar-refractivity contribution in [3.05, 3.63) is 30.3 Å². The molecule has 0 saturated carbocycles. The molecule has 0 aliphatic carbocycles. The molecule has 0 spiro atoms. The number of piperidine rings is 1. The number of aromatic nitrogens is 3. The van der Waals surface area contributed by atoms with Gasteiger partial charge in [0.2, 0.25) is 11.1 Å². The van der Waals surface area contributed by atoms with Crippen molar-refractivity contribution in [1.29, 1.82) is 0 Å². The van der Waals surface area contributed by atoms with Crippen LogP contribution in [-0.2, 0) is 14.3 Å². The molecular formula is C18H22N4O3S. The van der Waals surface area contributed by atoms with Crippen molar-refractivity contribution < 1.29 is 14.3 Å². The van der Waals surface area contributed by atoms with Crippen molar-refractivity contribution in [2.45, 2.75) is 24.9 Å². The van der Waals surface area contributed by atoms with E-state index < -0.39 is 0 Å². The van der Waals surface area contributed by atoms with Crippen molar-refractivity contribution in [3.63, 3.8) is 0 Å². The summed E-state index contributed by atoms with van der Waals surface area (Å²) < 4.78 is 5.08. The van der Waals surface area contributed by atoms with Gasteiger partial charge in [-0.25, -0.2) is 4.98 Å². The molecule has 1 saturated heterocycles. The number of nitrogens with zero attached hydrogens (tertiary/aromatic N) is 3. The van der Waals surface area contributed by atoms with Gasteiger partial charge in [0.1, 0.15) is 0 Å². The van der Waals surface area contributed by atoms with Gasteiger partial charge in [-0.05, 0) is 19.8 Å². The van der Waals surface area contributed by atoms with Gasteiger partial charge in [-0.2, -0.15) is 0 Å². The molecule has 1 aromatic heterocycles. The Hall–Kier alpha value is -2.35. The number of thioether (sulfide) groups is 1. The summed E-state index contributed by atoms with van der Waals surface area (Å²) in [6, 6.07) is 9.71. The molecule has 0 radical (unpaired) electrons. The maximum absolute atomic E-state index is 12.5. The molecule has 1 aromatic carbocycles. The molecule has 1 N–H and O–H groups in total. The summed E-state index contributed by atoms with van der Waals surface area (Å²) in [5.74, 6) is 0.502. The van der Waals surface area contributed by atoms with E-state index in [0.29, 0.717) is 30.7 Å². The second kappa shape index (κ2) is 8.84. The van der Waals surface area contributed by atoms with Crippen molar-refractivity contribution >= 4 is 23.6 Å². The lowest BCUT2D eigenvalue weighted by Gasteiger charge is -2.31. The summed E-state index contributed by atoms with van der Waals surface area (Å²) in [4.78, 5) is 30.5. The van der Waals surface area contributed by atoms with Gasteiger partial charge in [0.15, 0.2) is 5.82 Å². The molecule has 1 aliphatic heterocycles. The number of carbonyl (C=O) groups excluding carboxylic acids is 2. The molecule has 26 heavy (non-hydrogen) atoms. The van der Waals surface area contributed by atoms with E-state index in [-0.39, 0.29) is 23.5 Å². The van der Waals surface area contributed by atoms with Crippen LogP contribution in [-0.4, -0.2) is 57.4 Å². The van der Waals surface area contributed by atoms with E-state index in [2.05, 4.69) is 15.2 Å². The minimum absolute atomic E-state index is 0.00457. The van der Waals surface area contributed by atoms with Crippen LogP contribution in [0.4, 0.5) is 0 Å². The number of likely N-dealkylation sites (tertiary alicyclic amines) is 1. The number of H-pyrrole nitrogens is 1. The Morgan fingerprint density at radius 2 is 2.15 bits per heavy atom. The molecule has 1 fully saturated rings. The lowest BCUT2D eigenvalue weighted by Crippen LogP contribution is -2.43. The zero-order valence-electron chi connectivity index (χ0n) is 14.7. The van der Waals surface area contributed by atoms with Gasteiger partial charge in [-0.1, -0.05) is 42.1 Å². The number of hydrogen-bond donors (Lipinski definition) is 1. The molecule has 1 aliphatic rings. The lowest BCUT2D eigenvalue weighted by atomic mass is 9.98. The van der Waals surface area contributed by atoms with Gasteiger partial charge in [0.05, 0.1) is 18.3 Å². The largest absolute Gasteiger partial charge is 0.466 e. The van der Waals surface area contributed by atoms with Gasteiger partial charge in [0.25, 0.3) is 0 Å². The van der Waals surface area contributed by atoms with Crippen molar-refractivity contribution in [2.24, 2.45) is 5.92 Å². The van der Waals surface area contributed by atoms with Gasteiger partial charge >= 0.3 is 5.97 Å². The number of carbonyl (C=O) groups is 2. The van der Waals surface area contributed by atoms with E-state index in [0.717, 1.165) is 18.4 Å². The minimum Gasteiger partial charge on any atom is -0.466 e. The predicted octanol–water partition coefficient (Wildman–Crippen LogP) is 2.37. The minimum atomic E-state index is -0.217. The highest BCUT2D eigenvalue weighted by molar-refractivity contribution is 7.99. The quantitative estimate of drug-likeness (QED) is 0.617. The first-order valence-electron chi connectivity index (χ1n) is 8.72. The molecule has 3 rings (SSSR count). The maximum atomic E-state index is 12.5. The van der Waals surface area contributed by atoms with Gasteiger partial charge < -0.3 is 9.64 Å². The summed E-state index contributed by atoms with van der Waals surface area (Å²) in [6.07, 6.45) is 1.59. The number of nitrogens with one attached hydrogen (secondary N) is 1. The highest BCUT2D eigenvalue weighted by atomic mass is 32.2. The zero-order chi connectivity index (χ0) is 18.4. The predicted molar refractivity (Wildman–Crippen MR) is 98.5 cm³/mol. The summed E-state index contributed by atoms with van der Waals surface area (Å²) in [6.45, 7) is 3.27. The van der Waals surface area contributed by atoms with Crippen molar-refractivity contribution in [1.82, 2.24) is 20.1 Å². The number of amides is 1. The number of ether oxygens (including phenoxy) is 1. The fourth-order valence-corrected chi connectivity index (χ4v) is 3.61. The normalized spacial score (nSPS) is 17.1. The summed E-state index contributed by atoms with van der Waals surface area (Å²) in [5.41, 5.74) is 0.950. The Balaban J connectivity index is 1.52. The van der Waals surface area contributed by atoms with Crippen LogP contribution in [0.1, 0.15) is 19.8 Å². The van der Waals surface area contributed by atoms with Crippen LogP contribution in [0.2, 0.25) is 0 Å². The number of aromatic amines is 1. The third kappa shape index (κ3) is 4.63. The molecule has 1 amide bonds. The number of rotatable bonds is 6. The molecule has 2 heterocycles. The average molecular weight is 374 g/mol. The smallest absolute Gasteiger partial charge is 0.310 e. The van der Waals surface area contributed by atoms with Crippen LogP contribution in [0, 0.1) is 5.92 Å². The second-order valence-corrected chi connectivity index (χ2v) is 6.99.